The van der Waals surface area contributed by atoms with Crippen LogP contribution in [-0.2, 0) is 10.0 Å². The van der Waals surface area contributed by atoms with Gasteiger partial charge >= 0.3 is 5.76 Å². The van der Waals surface area contributed by atoms with Crippen LogP contribution in [0.3, 0.4) is 0 Å². The molecule has 4 nitrogen and oxygen atoms in total. The van der Waals surface area contributed by atoms with E-state index >= 15 is 0 Å². The monoisotopic (exact) mass is 216 g/mol. The topological polar surface area (TPSA) is 63.4 Å². The van der Waals surface area contributed by atoms with E-state index in [4.69, 9.17) is 5.73 Å². The Hall–Kier alpha value is -0.270. The van der Waals surface area contributed by atoms with E-state index in [-0.39, 0.29) is 12.6 Å². The van der Waals surface area contributed by atoms with Gasteiger partial charge in [0.2, 0.25) is 0 Å². The maximum atomic E-state index is 11.9. The van der Waals surface area contributed by atoms with Gasteiger partial charge in [-0.15, -0.1) is 0 Å². The fourth-order valence-electron chi connectivity index (χ4n) is 0.649. The van der Waals surface area contributed by atoms with Crippen LogP contribution in [0, 0.1) is 0 Å². The van der Waals surface area contributed by atoms with Gasteiger partial charge in [-0.25, -0.2) is 8.42 Å². The quantitative estimate of drug-likeness (QED) is 0.714. The second-order valence-electron chi connectivity index (χ2n) is 2.89. The van der Waals surface area contributed by atoms with E-state index in [1.165, 1.54) is 0 Å². The van der Waals surface area contributed by atoms with Crippen molar-refractivity contribution >= 4 is 10.0 Å². The van der Waals surface area contributed by atoms with Gasteiger partial charge in [0.25, 0.3) is 10.0 Å². The maximum absolute atomic E-state index is 11.9. The summed E-state index contributed by atoms with van der Waals surface area (Å²) >= 11 is 0. The van der Waals surface area contributed by atoms with Crippen molar-refractivity contribution in [2.75, 3.05) is 13.6 Å². The molecular weight excluding hydrogens is 202 g/mol. The number of hydrogen-bond acceptors (Lipinski definition) is 3. The highest BCUT2D eigenvalue weighted by Gasteiger charge is 2.28. The fraction of sp³-hybridized carbons (Fsp3) is 1.00. The molecule has 0 aliphatic carbocycles. The summed E-state index contributed by atoms with van der Waals surface area (Å²) in [5, 5.41) is 0. The van der Waals surface area contributed by atoms with E-state index in [2.05, 4.69) is 0 Å². The highest BCUT2D eigenvalue weighted by Crippen LogP contribution is 2.10. The van der Waals surface area contributed by atoms with E-state index in [1.807, 2.05) is 0 Å². The number of nitrogens with two attached hydrogens (primary N) is 1. The predicted octanol–water partition coefficient (Wildman–Crippen LogP) is 0.208. The van der Waals surface area contributed by atoms with Crippen LogP contribution in [0.15, 0.2) is 0 Å². The Kier molecular flexibility index (Phi) is 4.72. The van der Waals surface area contributed by atoms with E-state index in [9.17, 15) is 17.2 Å². The number of nitrogens with zero attached hydrogens (tertiary/aromatic N) is 1. The summed E-state index contributed by atoms with van der Waals surface area (Å²) in [5.74, 6) is -3.36. The molecule has 0 heterocycles. The molecule has 0 saturated heterocycles. The third-order valence-corrected chi connectivity index (χ3v) is 3.06. The van der Waals surface area contributed by atoms with Crippen LogP contribution in [0.25, 0.3) is 0 Å². The third kappa shape index (κ3) is 3.97. The fourth-order valence-corrected chi connectivity index (χ4v) is 1.28. The molecule has 1 unspecified atom stereocenters. The highest BCUT2D eigenvalue weighted by molar-refractivity contribution is 7.89. The van der Waals surface area contributed by atoms with Crippen LogP contribution in [0.2, 0.25) is 0 Å². The Bertz CT molecular complexity index is 241. The van der Waals surface area contributed by atoms with Crippen molar-refractivity contribution in [2.45, 2.75) is 25.1 Å². The minimum absolute atomic E-state index is 0.0182. The summed E-state index contributed by atoms with van der Waals surface area (Å²) in [7, 11) is -3.31. The zero-order valence-corrected chi connectivity index (χ0v) is 8.39. The first-order valence-electron chi connectivity index (χ1n) is 3.77. The van der Waals surface area contributed by atoms with Crippen molar-refractivity contribution in [1.82, 2.24) is 4.31 Å². The first-order valence-corrected chi connectivity index (χ1v) is 5.27. The van der Waals surface area contributed by atoms with E-state index in [0.717, 1.165) is 7.05 Å². The molecule has 1 atom stereocenters. The molecule has 0 bridgehead atoms. The lowest BCUT2D eigenvalue weighted by Crippen LogP contribution is -2.34. The van der Waals surface area contributed by atoms with E-state index in [1.54, 1.807) is 6.92 Å². The largest absolute Gasteiger partial charge is 0.350 e. The zero-order chi connectivity index (χ0) is 10.6. The minimum atomic E-state index is -4.43. The molecular formula is C6H14F2N2O2S. The van der Waals surface area contributed by atoms with Crippen LogP contribution in [0.5, 0.6) is 0 Å². The van der Waals surface area contributed by atoms with Crippen LogP contribution in [-0.4, -0.2) is 38.1 Å². The Morgan fingerprint density at radius 3 is 2.23 bits per heavy atom. The van der Waals surface area contributed by atoms with Gasteiger partial charge in [0.15, 0.2) is 0 Å². The van der Waals surface area contributed by atoms with Gasteiger partial charge in [-0.2, -0.15) is 13.1 Å². The minimum Gasteiger partial charge on any atom is -0.328 e. The molecule has 0 saturated carbocycles. The van der Waals surface area contributed by atoms with Crippen molar-refractivity contribution in [2.24, 2.45) is 5.73 Å². The van der Waals surface area contributed by atoms with Gasteiger partial charge in [0.05, 0.1) is 0 Å². The summed E-state index contributed by atoms with van der Waals surface area (Å²) in [6, 6.07) is -0.199. The molecule has 0 aliphatic rings. The average Bonchev–Trinajstić information content (AvgIpc) is 1.99. The molecule has 13 heavy (non-hydrogen) atoms. The molecule has 0 aromatic carbocycles. The van der Waals surface area contributed by atoms with Crippen LogP contribution in [0.4, 0.5) is 8.78 Å². The van der Waals surface area contributed by atoms with Crippen LogP contribution >= 0.6 is 0 Å². The van der Waals surface area contributed by atoms with Gasteiger partial charge < -0.3 is 5.73 Å². The number of hydrogen-bond donors (Lipinski definition) is 1. The molecule has 0 fully saturated rings. The normalized spacial score (nSPS) is 15.3. The second kappa shape index (κ2) is 4.83. The first-order chi connectivity index (χ1) is 5.78. The molecule has 0 aliphatic heterocycles. The Balaban J connectivity index is 4.19. The summed E-state index contributed by atoms with van der Waals surface area (Å²) in [4.78, 5) is 0. The van der Waals surface area contributed by atoms with E-state index in [0.29, 0.717) is 10.7 Å². The van der Waals surface area contributed by atoms with Crippen molar-refractivity contribution in [3.63, 3.8) is 0 Å². The SMILES string of the molecule is CC(N)CCN(C)S(=O)(=O)C(F)F. The third-order valence-electron chi connectivity index (χ3n) is 1.56. The standard InChI is InChI=1S/C6H14F2N2O2S/c1-5(9)3-4-10(2)13(11,12)6(7)8/h5-6H,3-4,9H2,1-2H3. The van der Waals surface area contributed by atoms with E-state index < -0.39 is 15.8 Å². The maximum Gasteiger partial charge on any atom is 0.350 e. The van der Waals surface area contributed by atoms with Gasteiger partial charge in [0.1, 0.15) is 0 Å². The molecule has 80 valence electrons. The lowest BCUT2D eigenvalue weighted by Gasteiger charge is -2.17. The molecule has 2 N–H and O–H groups in total. The van der Waals surface area contributed by atoms with Crippen molar-refractivity contribution in [3.8, 4) is 0 Å². The molecule has 0 rings (SSSR count). The Morgan fingerprint density at radius 1 is 1.46 bits per heavy atom. The summed E-state index contributed by atoms with van der Waals surface area (Å²) in [5.41, 5.74) is 5.35. The number of rotatable bonds is 5. The average molecular weight is 216 g/mol. The van der Waals surface area contributed by atoms with Crippen LogP contribution < -0.4 is 5.73 Å². The highest BCUT2D eigenvalue weighted by atomic mass is 32.2. The Labute approximate surface area is 76.8 Å². The van der Waals surface area contributed by atoms with Gasteiger partial charge in [-0.05, 0) is 13.3 Å². The number of halogens is 2. The lowest BCUT2D eigenvalue weighted by molar-refractivity contribution is 0.222. The molecule has 0 radical (unpaired) electrons. The lowest BCUT2D eigenvalue weighted by atomic mass is 10.2. The second-order valence-corrected chi connectivity index (χ2v) is 4.90. The van der Waals surface area contributed by atoms with Crippen molar-refractivity contribution in [1.29, 1.82) is 0 Å². The molecule has 7 heteroatoms. The summed E-state index contributed by atoms with van der Waals surface area (Å²) in [6.07, 6.45) is 0.364. The first kappa shape index (κ1) is 12.7. The molecule has 0 amide bonds. The summed E-state index contributed by atoms with van der Waals surface area (Å²) in [6.45, 7) is 1.70. The van der Waals surface area contributed by atoms with Gasteiger partial charge in [-0.3, -0.25) is 0 Å². The van der Waals surface area contributed by atoms with Gasteiger partial charge in [0, 0.05) is 19.6 Å². The van der Waals surface area contributed by atoms with Crippen molar-refractivity contribution < 1.29 is 17.2 Å². The summed E-state index contributed by atoms with van der Waals surface area (Å²) < 4.78 is 46.0. The molecule has 0 aromatic rings. The zero-order valence-electron chi connectivity index (χ0n) is 7.57. The molecule has 0 spiro atoms. The molecule has 0 aromatic heterocycles. The van der Waals surface area contributed by atoms with Gasteiger partial charge in [-0.1, -0.05) is 0 Å². The van der Waals surface area contributed by atoms with Crippen LogP contribution in [0.1, 0.15) is 13.3 Å². The number of alkyl halides is 2. The van der Waals surface area contributed by atoms with Crippen molar-refractivity contribution in [3.05, 3.63) is 0 Å². The smallest absolute Gasteiger partial charge is 0.328 e. The predicted molar refractivity (Wildman–Crippen MR) is 45.8 cm³/mol. The number of sulfonamides is 1. The Morgan fingerprint density at radius 2 is 1.92 bits per heavy atom.